The Kier molecular flexibility index (Phi) is 6.71. The van der Waals surface area contributed by atoms with Gasteiger partial charge in [0.1, 0.15) is 6.04 Å². The molecule has 0 saturated carbocycles. The summed E-state index contributed by atoms with van der Waals surface area (Å²) >= 11 is 0. The van der Waals surface area contributed by atoms with Crippen LogP contribution in [0.15, 0.2) is 35.2 Å². The number of hydrogen-bond donors (Lipinski definition) is 2. The monoisotopic (exact) mass is 342 g/mol. The highest BCUT2D eigenvalue weighted by molar-refractivity contribution is 7.89. The van der Waals surface area contributed by atoms with Crippen LogP contribution in [-0.2, 0) is 19.6 Å². The van der Waals surface area contributed by atoms with Gasteiger partial charge in [-0.25, -0.2) is 13.2 Å². The van der Waals surface area contributed by atoms with Gasteiger partial charge >= 0.3 is 5.97 Å². The number of sulfonamides is 1. The predicted molar refractivity (Wildman–Crippen MR) is 85.3 cm³/mol. The van der Waals surface area contributed by atoms with E-state index < -0.39 is 34.5 Å². The van der Waals surface area contributed by atoms with Crippen LogP contribution in [0.3, 0.4) is 0 Å². The quantitative estimate of drug-likeness (QED) is 0.731. The molecular weight excluding hydrogens is 320 g/mol. The molecule has 1 aromatic carbocycles. The number of carboxylic acids is 1. The van der Waals surface area contributed by atoms with Gasteiger partial charge < -0.3 is 10.4 Å². The first-order valence-electron chi connectivity index (χ1n) is 7.18. The Hall–Kier alpha value is -1.93. The van der Waals surface area contributed by atoms with Crippen LogP contribution in [0.2, 0.25) is 0 Å². The topological polar surface area (TPSA) is 104 Å². The van der Waals surface area contributed by atoms with E-state index in [1.54, 1.807) is 18.2 Å². The number of nitrogens with one attached hydrogen (secondary N) is 1. The van der Waals surface area contributed by atoms with E-state index in [4.69, 9.17) is 5.11 Å². The lowest BCUT2D eigenvalue weighted by molar-refractivity contribution is -0.142. The molecule has 1 unspecified atom stereocenters. The van der Waals surface area contributed by atoms with Crippen molar-refractivity contribution in [1.82, 2.24) is 9.62 Å². The maximum absolute atomic E-state index is 12.3. The Balaban J connectivity index is 2.74. The Morgan fingerprint density at radius 1 is 1.22 bits per heavy atom. The zero-order chi connectivity index (χ0) is 17.6. The van der Waals surface area contributed by atoms with Crippen LogP contribution in [0.5, 0.6) is 0 Å². The van der Waals surface area contributed by atoms with Gasteiger partial charge in [0.2, 0.25) is 15.9 Å². The lowest BCUT2D eigenvalue weighted by Gasteiger charge is -2.20. The maximum Gasteiger partial charge on any atom is 0.326 e. The fraction of sp³-hybridized carbons (Fsp3) is 0.467. The highest BCUT2D eigenvalue weighted by Crippen LogP contribution is 2.13. The Morgan fingerprint density at radius 3 is 2.26 bits per heavy atom. The van der Waals surface area contributed by atoms with Gasteiger partial charge in [0.25, 0.3) is 0 Å². The number of carbonyl (C=O) groups is 2. The van der Waals surface area contributed by atoms with E-state index in [1.165, 1.54) is 19.2 Å². The molecule has 0 spiro atoms. The van der Waals surface area contributed by atoms with Crippen molar-refractivity contribution in [2.75, 3.05) is 13.6 Å². The van der Waals surface area contributed by atoms with Crippen molar-refractivity contribution in [3.8, 4) is 0 Å². The second-order valence-corrected chi connectivity index (χ2v) is 7.71. The van der Waals surface area contributed by atoms with Crippen molar-refractivity contribution in [1.29, 1.82) is 0 Å². The van der Waals surface area contributed by atoms with Crippen LogP contribution in [0.25, 0.3) is 0 Å². The van der Waals surface area contributed by atoms with Gasteiger partial charge in [-0.15, -0.1) is 0 Å². The predicted octanol–water partition coefficient (Wildman–Crippen LogP) is 0.923. The molecule has 0 radical (unpaired) electrons. The molecule has 1 amide bonds. The van der Waals surface area contributed by atoms with Crippen molar-refractivity contribution >= 4 is 21.9 Å². The highest BCUT2D eigenvalue weighted by Gasteiger charge is 2.26. The van der Waals surface area contributed by atoms with Gasteiger partial charge in [-0.05, 0) is 24.5 Å². The molecule has 0 aliphatic heterocycles. The van der Waals surface area contributed by atoms with Crippen LogP contribution in [0, 0.1) is 5.92 Å². The molecule has 8 heteroatoms. The fourth-order valence-corrected chi connectivity index (χ4v) is 3.14. The minimum absolute atomic E-state index is 0.0762. The molecule has 0 fully saturated rings. The lowest BCUT2D eigenvalue weighted by atomic mass is 10.0. The number of carboxylic acid groups (broad SMARTS) is 1. The zero-order valence-electron chi connectivity index (χ0n) is 13.4. The molecule has 0 saturated heterocycles. The van der Waals surface area contributed by atoms with Crippen LogP contribution in [0.1, 0.15) is 20.3 Å². The Morgan fingerprint density at radius 2 is 1.78 bits per heavy atom. The van der Waals surface area contributed by atoms with Crippen LogP contribution in [-0.4, -0.2) is 49.3 Å². The third kappa shape index (κ3) is 5.65. The number of amides is 1. The standard InChI is InChI=1S/C15H22N2O5S/c1-11(2)9-13(15(19)20)16-14(18)10-17(3)23(21,22)12-7-5-4-6-8-12/h4-8,11,13H,9-10H2,1-3H3,(H,16,18)(H,19,20). The minimum Gasteiger partial charge on any atom is -0.480 e. The molecule has 0 bridgehead atoms. The summed E-state index contributed by atoms with van der Waals surface area (Å²) in [4.78, 5) is 23.2. The molecule has 23 heavy (non-hydrogen) atoms. The van der Waals surface area contributed by atoms with E-state index in [0.29, 0.717) is 0 Å². The summed E-state index contributed by atoms with van der Waals surface area (Å²) in [6.07, 6.45) is 0.274. The molecule has 0 aromatic heterocycles. The summed E-state index contributed by atoms with van der Waals surface area (Å²) in [6.45, 7) is 3.24. The average Bonchev–Trinajstić information content (AvgIpc) is 2.46. The van der Waals surface area contributed by atoms with Crippen molar-refractivity contribution in [3.05, 3.63) is 30.3 Å². The molecular formula is C15H22N2O5S. The lowest BCUT2D eigenvalue weighted by Crippen LogP contribution is -2.46. The molecule has 1 atom stereocenters. The van der Waals surface area contributed by atoms with Crippen molar-refractivity contribution < 1.29 is 23.1 Å². The van der Waals surface area contributed by atoms with Crippen molar-refractivity contribution in [2.45, 2.75) is 31.2 Å². The molecule has 0 aliphatic carbocycles. The number of carbonyl (C=O) groups excluding carboxylic acids is 1. The first-order valence-corrected chi connectivity index (χ1v) is 8.62. The molecule has 7 nitrogen and oxygen atoms in total. The summed E-state index contributed by atoms with van der Waals surface area (Å²) in [7, 11) is -2.51. The molecule has 0 heterocycles. The summed E-state index contributed by atoms with van der Waals surface area (Å²) in [5.74, 6) is -1.71. The number of likely N-dealkylation sites (N-methyl/N-ethyl adjacent to an activating group) is 1. The SMILES string of the molecule is CC(C)CC(NC(=O)CN(C)S(=O)(=O)c1ccccc1)C(=O)O. The van der Waals surface area contributed by atoms with E-state index in [1.807, 2.05) is 13.8 Å². The third-order valence-corrected chi connectivity index (χ3v) is 4.98. The summed E-state index contributed by atoms with van der Waals surface area (Å²) < 4.78 is 25.5. The molecule has 1 rings (SSSR count). The summed E-state index contributed by atoms with van der Waals surface area (Å²) in [5.41, 5.74) is 0. The first-order chi connectivity index (χ1) is 10.6. The number of rotatable bonds is 8. The van der Waals surface area contributed by atoms with Crippen molar-refractivity contribution in [2.24, 2.45) is 5.92 Å². The smallest absolute Gasteiger partial charge is 0.326 e. The second-order valence-electron chi connectivity index (χ2n) is 5.66. The minimum atomic E-state index is -3.79. The second kappa shape index (κ2) is 8.07. The van der Waals surface area contributed by atoms with E-state index in [0.717, 1.165) is 4.31 Å². The van der Waals surface area contributed by atoms with Gasteiger partial charge in [-0.2, -0.15) is 4.31 Å². The van der Waals surface area contributed by atoms with E-state index in [9.17, 15) is 18.0 Å². The van der Waals surface area contributed by atoms with E-state index in [-0.39, 0.29) is 17.2 Å². The molecule has 2 N–H and O–H groups in total. The first kappa shape index (κ1) is 19.1. The summed E-state index contributed by atoms with van der Waals surface area (Å²) in [5, 5.41) is 11.5. The van der Waals surface area contributed by atoms with Crippen molar-refractivity contribution in [3.63, 3.8) is 0 Å². The molecule has 128 valence electrons. The fourth-order valence-electron chi connectivity index (χ4n) is 1.99. The largest absolute Gasteiger partial charge is 0.480 e. The number of benzene rings is 1. The number of aliphatic carboxylic acids is 1. The zero-order valence-corrected chi connectivity index (χ0v) is 14.2. The maximum atomic E-state index is 12.3. The Bertz CT molecular complexity index is 643. The van der Waals surface area contributed by atoms with Crippen LogP contribution in [0.4, 0.5) is 0 Å². The Labute approximate surface area is 136 Å². The van der Waals surface area contributed by atoms with E-state index >= 15 is 0 Å². The van der Waals surface area contributed by atoms with Gasteiger partial charge in [-0.1, -0.05) is 32.0 Å². The van der Waals surface area contributed by atoms with Gasteiger partial charge in [0.05, 0.1) is 11.4 Å². The van der Waals surface area contributed by atoms with Gasteiger partial charge in [0.15, 0.2) is 0 Å². The van der Waals surface area contributed by atoms with E-state index in [2.05, 4.69) is 5.32 Å². The summed E-state index contributed by atoms with van der Waals surface area (Å²) in [6, 6.07) is 6.70. The van der Waals surface area contributed by atoms with Crippen LogP contribution >= 0.6 is 0 Å². The molecule has 0 aliphatic rings. The van der Waals surface area contributed by atoms with Gasteiger partial charge in [-0.3, -0.25) is 4.79 Å². The van der Waals surface area contributed by atoms with Gasteiger partial charge in [0, 0.05) is 7.05 Å². The number of nitrogens with zero attached hydrogens (tertiary/aromatic N) is 1. The normalized spacial score (nSPS) is 13.1. The van der Waals surface area contributed by atoms with Crippen LogP contribution < -0.4 is 5.32 Å². The third-order valence-electron chi connectivity index (χ3n) is 3.16. The average molecular weight is 342 g/mol. The number of hydrogen-bond acceptors (Lipinski definition) is 4. The molecule has 1 aromatic rings. The highest BCUT2D eigenvalue weighted by atomic mass is 32.2.